The molecule has 86 valence electrons. The van der Waals surface area contributed by atoms with Gasteiger partial charge >= 0.3 is 0 Å². The molecular formula is C12H17N3O. The summed E-state index contributed by atoms with van der Waals surface area (Å²) in [5.41, 5.74) is 1.13. The molecule has 1 aliphatic heterocycles. The largest absolute Gasteiger partial charge is 0.508 e. The van der Waals surface area contributed by atoms with E-state index in [1.807, 2.05) is 19.2 Å². The first kappa shape index (κ1) is 10.8. The summed E-state index contributed by atoms with van der Waals surface area (Å²) in [6, 6.07) is 7.36. The summed E-state index contributed by atoms with van der Waals surface area (Å²) in [4.78, 5) is 6.46. The lowest BCUT2D eigenvalue weighted by molar-refractivity contribution is 0.474. The van der Waals surface area contributed by atoms with Gasteiger partial charge in [0.2, 0.25) is 0 Å². The van der Waals surface area contributed by atoms with Crippen LogP contribution in [-0.2, 0) is 6.42 Å². The van der Waals surface area contributed by atoms with Gasteiger partial charge < -0.3 is 15.3 Å². The highest BCUT2D eigenvalue weighted by atomic mass is 16.3. The van der Waals surface area contributed by atoms with Crippen LogP contribution >= 0.6 is 0 Å². The topological polar surface area (TPSA) is 47.9 Å². The number of nitrogens with zero attached hydrogens (tertiary/aromatic N) is 2. The van der Waals surface area contributed by atoms with Crippen molar-refractivity contribution in [2.45, 2.75) is 6.42 Å². The maximum absolute atomic E-state index is 9.31. The van der Waals surface area contributed by atoms with Gasteiger partial charge in [0.05, 0.1) is 6.54 Å². The number of phenols is 1. The molecule has 0 aromatic heterocycles. The average molecular weight is 219 g/mol. The first-order valence-corrected chi connectivity index (χ1v) is 5.53. The van der Waals surface area contributed by atoms with Gasteiger partial charge in [0, 0.05) is 20.1 Å². The van der Waals surface area contributed by atoms with Crippen LogP contribution in [0.25, 0.3) is 0 Å². The van der Waals surface area contributed by atoms with E-state index in [9.17, 15) is 5.11 Å². The molecule has 1 heterocycles. The van der Waals surface area contributed by atoms with Crippen molar-refractivity contribution in [3.8, 4) is 5.75 Å². The highest BCUT2D eigenvalue weighted by Crippen LogP contribution is 2.10. The second-order valence-electron chi connectivity index (χ2n) is 3.97. The van der Waals surface area contributed by atoms with Crippen molar-refractivity contribution < 1.29 is 5.11 Å². The van der Waals surface area contributed by atoms with E-state index in [0.717, 1.165) is 37.6 Å². The van der Waals surface area contributed by atoms with Crippen molar-refractivity contribution in [1.29, 1.82) is 0 Å². The third kappa shape index (κ3) is 2.66. The molecule has 0 saturated heterocycles. The lowest BCUT2D eigenvalue weighted by Gasteiger charge is -2.15. The summed E-state index contributed by atoms with van der Waals surface area (Å²) in [5, 5.41) is 12.6. The SMILES string of the molecule is CN1CCN=C1NCCc1cccc(O)c1. The average Bonchev–Trinajstić information content (AvgIpc) is 2.65. The van der Waals surface area contributed by atoms with Gasteiger partial charge in [-0.15, -0.1) is 0 Å². The molecule has 0 amide bonds. The molecule has 1 aromatic carbocycles. The maximum atomic E-state index is 9.31. The quantitative estimate of drug-likeness (QED) is 0.791. The standard InChI is InChI=1S/C12H17N3O/c1-15-8-7-14-12(15)13-6-5-10-3-2-4-11(16)9-10/h2-4,9,16H,5-8H2,1H3,(H,13,14). The van der Waals surface area contributed by atoms with Gasteiger partial charge in [0.15, 0.2) is 5.96 Å². The third-order valence-electron chi connectivity index (χ3n) is 2.67. The van der Waals surface area contributed by atoms with Gasteiger partial charge in [-0.1, -0.05) is 12.1 Å². The van der Waals surface area contributed by atoms with Crippen LogP contribution in [0.1, 0.15) is 5.56 Å². The van der Waals surface area contributed by atoms with Gasteiger partial charge in [0.1, 0.15) is 5.75 Å². The summed E-state index contributed by atoms with van der Waals surface area (Å²) < 4.78 is 0. The number of benzene rings is 1. The van der Waals surface area contributed by atoms with E-state index in [-0.39, 0.29) is 0 Å². The highest BCUT2D eigenvalue weighted by molar-refractivity contribution is 5.81. The van der Waals surface area contributed by atoms with Gasteiger partial charge in [-0.05, 0) is 24.1 Å². The molecule has 0 spiro atoms. The number of aromatic hydroxyl groups is 1. The molecule has 0 bridgehead atoms. The lowest BCUT2D eigenvalue weighted by atomic mass is 10.1. The van der Waals surface area contributed by atoms with Crippen molar-refractivity contribution in [1.82, 2.24) is 10.2 Å². The zero-order valence-corrected chi connectivity index (χ0v) is 9.48. The van der Waals surface area contributed by atoms with E-state index < -0.39 is 0 Å². The number of nitrogens with one attached hydrogen (secondary N) is 1. The van der Waals surface area contributed by atoms with Crippen LogP contribution in [0.3, 0.4) is 0 Å². The van der Waals surface area contributed by atoms with Gasteiger partial charge in [0.25, 0.3) is 0 Å². The number of likely N-dealkylation sites (N-methyl/N-ethyl adjacent to an activating group) is 1. The summed E-state index contributed by atoms with van der Waals surface area (Å²) in [7, 11) is 2.03. The summed E-state index contributed by atoms with van der Waals surface area (Å²) in [5.74, 6) is 1.30. The second-order valence-corrected chi connectivity index (χ2v) is 3.97. The number of phenolic OH excluding ortho intramolecular Hbond substituents is 1. The van der Waals surface area contributed by atoms with Crippen LogP contribution in [0.15, 0.2) is 29.3 Å². The fraction of sp³-hybridized carbons (Fsp3) is 0.417. The van der Waals surface area contributed by atoms with E-state index in [1.54, 1.807) is 12.1 Å². The van der Waals surface area contributed by atoms with Crippen molar-refractivity contribution in [2.75, 3.05) is 26.7 Å². The lowest BCUT2D eigenvalue weighted by Crippen LogP contribution is -2.36. The van der Waals surface area contributed by atoms with Crippen molar-refractivity contribution >= 4 is 5.96 Å². The maximum Gasteiger partial charge on any atom is 0.193 e. The van der Waals surface area contributed by atoms with E-state index in [0.29, 0.717) is 5.75 Å². The fourth-order valence-corrected chi connectivity index (χ4v) is 1.75. The number of hydrogen-bond acceptors (Lipinski definition) is 4. The Morgan fingerprint density at radius 3 is 3.06 bits per heavy atom. The Kier molecular flexibility index (Phi) is 3.29. The molecule has 4 nitrogen and oxygen atoms in total. The number of rotatable bonds is 3. The Hall–Kier alpha value is -1.71. The molecule has 1 aromatic rings. The molecule has 0 radical (unpaired) electrons. The first-order valence-electron chi connectivity index (χ1n) is 5.53. The Morgan fingerprint density at radius 2 is 2.38 bits per heavy atom. The van der Waals surface area contributed by atoms with E-state index in [4.69, 9.17) is 0 Å². The fourth-order valence-electron chi connectivity index (χ4n) is 1.75. The number of aliphatic imine (C=N–C) groups is 1. The van der Waals surface area contributed by atoms with E-state index in [1.165, 1.54) is 0 Å². The van der Waals surface area contributed by atoms with E-state index in [2.05, 4.69) is 15.2 Å². The van der Waals surface area contributed by atoms with Crippen LogP contribution in [0, 0.1) is 0 Å². The molecular weight excluding hydrogens is 202 g/mol. The minimum absolute atomic E-state index is 0.327. The number of guanidine groups is 1. The van der Waals surface area contributed by atoms with Crippen LogP contribution in [0.2, 0.25) is 0 Å². The van der Waals surface area contributed by atoms with Crippen LogP contribution in [0.4, 0.5) is 0 Å². The van der Waals surface area contributed by atoms with Crippen molar-refractivity contribution in [3.05, 3.63) is 29.8 Å². The Morgan fingerprint density at radius 1 is 1.50 bits per heavy atom. The van der Waals surface area contributed by atoms with Gasteiger partial charge in [-0.2, -0.15) is 0 Å². The predicted octanol–water partition coefficient (Wildman–Crippen LogP) is 0.826. The van der Waals surface area contributed by atoms with Crippen LogP contribution in [0.5, 0.6) is 5.75 Å². The monoisotopic (exact) mass is 219 g/mol. The Labute approximate surface area is 95.6 Å². The van der Waals surface area contributed by atoms with E-state index >= 15 is 0 Å². The van der Waals surface area contributed by atoms with Crippen LogP contribution < -0.4 is 5.32 Å². The molecule has 16 heavy (non-hydrogen) atoms. The molecule has 0 saturated carbocycles. The van der Waals surface area contributed by atoms with Crippen molar-refractivity contribution in [2.24, 2.45) is 4.99 Å². The molecule has 0 unspecified atom stereocenters. The molecule has 4 heteroatoms. The smallest absolute Gasteiger partial charge is 0.193 e. The third-order valence-corrected chi connectivity index (χ3v) is 2.67. The summed E-state index contributed by atoms with van der Waals surface area (Å²) in [6.07, 6.45) is 0.890. The molecule has 0 atom stereocenters. The van der Waals surface area contributed by atoms with Gasteiger partial charge in [-0.3, -0.25) is 4.99 Å². The molecule has 2 N–H and O–H groups in total. The number of hydrogen-bond donors (Lipinski definition) is 2. The zero-order chi connectivity index (χ0) is 11.4. The predicted molar refractivity (Wildman–Crippen MR) is 64.7 cm³/mol. The summed E-state index contributed by atoms with van der Waals surface area (Å²) in [6.45, 7) is 2.71. The molecule has 1 aliphatic rings. The van der Waals surface area contributed by atoms with Crippen molar-refractivity contribution in [3.63, 3.8) is 0 Å². The molecule has 2 rings (SSSR count). The second kappa shape index (κ2) is 4.88. The highest BCUT2D eigenvalue weighted by Gasteiger charge is 2.10. The Balaban J connectivity index is 1.80. The van der Waals surface area contributed by atoms with Crippen LogP contribution in [-0.4, -0.2) is 42.6 Å². The zero-order valence-electron chi connectivity index (χ0n) is 9.48. The normalized spacial score (nSPS) is 15.1. The summed E-state index contributed by atoms with van der Waals surface area (Å²) >= 11 is 0. The molecule has 0 fully saturated rings. The van der Waals surface area contributed by atoms with Gasteiger partial charge in [-0.25, -0.2) is 0 Å². The molecule has 0 aliphatic carbocycles. The Bertz CT molecular complexity index is 390. The minimum atomic E-state index is 0.327. The first-order chi connectivity index (χ1) is 7.75. The minimum Gasteiger partial charge on any atom is -0.508 e.